The number of carbonyl (C=O) groups excluding carboxylic acids is 1. The number of nitrogens with zero attached hydrogens (tertiary/aromatic N) is 4. The lowest BCUT2D eigenvalue weighted by atomic mass is 9.93. The molecule has 0 spiro atoms. The van der Waals surface area contributed by atoms with Gasteiger partial charge in [-0.05, 0) is 37.8 Å². The first-order valence-electron chi connectivity index (χ1n) is 9.76. The van der Waals surface area contributed by atoms with Gasteiger partial charge in [-0.2, -0.15) is 0 Å². The average molecular weight is 498 g/mol. The zero-order valence-electron chi connectivity index (χ0n) is 16.9. The van der Waals surface area contributed by atoms with E-state index in [1.807, 2.05) is 25.2 Å². The smallest absolute Gasteiger partial charge is 0.220 e. The first-order chi connectivity index (χ1) is 13.1. The molecule has 2 heterocycles. The summed E-state index contributed by atoms with van der Waals surface area (Å²) in [5, 5.41) is 6.13. The lowest BCUT2D eigenvalue weighted by molar-refractivity contribution is -0.121. The molecule has 0 aliphatic carbocycles. The van der Waals surface area contributed by atoms with E-state index in [-0.39, 0.29) is 29.9 Å². The molecule has 1 saturated heterocycles. The number of halogens is 1. The van der Waals surface area contributed by atoms with Crippen molar-refractivity contribution in [2.75, 3.05) is 26.7 Å². The summed E-state index contributed by atoms with van der Waals surface area (Å²) >= 11 is 0. The number of aliphatic imine (C=N–C) groups is 1. The third kappa shape index (κ3) is 5.36. The molecule has 0 bridgehead atoms. The Morgan fingerprint density at radius 1 is 1.29 bits per heavy atom. The standard InChI is InChI=1S/C20H30N6O.HI/c1-4-22-20(26-11-9-15(10-12-26)13-19(27)21-2)23-14-18-24-16-7-5-6-8-17(16)25(18)3;/h5-8,15H,4,9-14H2,1-3H3,(H,21,27)(H,22,23);1H. The lowest BCUT2D eigenvalue weighted by Crippen LogP contribution is -2.46. The van der Waals surface area contributed by atoms with Gasteiger partial charge < -0.3 is 20.1 Å². The maximum atomic E-state index is 11.6. The molecule has 2 N–H and O–H groups in total. The summed E-state index contributed by atoms with van der Waals surface area (Å²) in [6.45, 7) is 5.32. The van der Waals surface area contributed by atoms with E-state index in [1.165, 1.54) is 0 Å². The number of aryl methyl sites for hydroxylation is 1. The average Bonchev–Trinajstić information content (AvgIpc) is 3.02. The van der Waals surface area contributed by atoms with Crippen LogP contribution in [-0.4, -0.2) is 53.0 Å². The molecule has 0 radical (unpaired) electrons. The van der Waals surface area contributed by atoms with Gasteiger partial charge in [-0.1, -0.05) is 12.1 Å². The highest BCUT2D eigenvalue weighted by atomic mass is 127. The van der Waals surface area contributed by atoms with Crippen LogP contribution in [-0.2, 0) is 18.4 Å². The van der Waals surface area contributed by atoms with Crippen molar-refractivity contribution in [3.8, 4) is 0 Å². The number of likely N-dealkylation sites (tertiary alicyclic amines) is 1. The van der Waals surface area contributed by atoms with E-state index in [0.717, 1.165) is 55.3 Å². The van der Waals surface area contributed by atoms with E-state index in [1.54, 1.807) is 7.05 Å². The second kappa shape index (κ2) is 10.6. The number of aromatic nitrogens is 2. The van der Waals surface area contributed by atoms with Crippen LogP contribution in [0.2, 0.25) is 0 Å². The monoisotopic (exact) mass is 498 g/mol. The van der Waals surface area contributed by atoms with Gasteiger partial charge in [0.05, 0.1) is 11.0 Å². The van der Waals surface area contributed by atoms with Crippen molar-refractivity contribution in [1.82, 2.24) is 25.1 Å². The van der Waals surface area contributed by atoms with Crippen molar-refractivity contribution in [2.45, 2.75) is 32.7 Å². The van der Waals surface area contributed by atoms with Crippen LogP contribution in [0.3, 0.4) is 0 Å². The van der Waals surface area contributed by atoms with Crippen molar-refractivity contribution >= 4 is 46.9 Å². The first-order valence-corrected chi connectivity index (χ1v) is 9.76. The Morgan fingerprint density at radius 2 is 2.00 bits per heavy atom. The van der Waals surface area contributed by atoms with Crippen molar-refractivity contribution in [3.05, 3.63) is 30.1 Å². The molecule has 7 nitrogen and oxygen atoms in total. The van der Waals surface area contributed by atoms with E-state index in [4.69, 9.17) is 9.98 Å². The highest BCUT2D eigenvalue weighted by molar-refractivity contribution is 14.0. The normalized spacial score (nSPS) is 15.4. The number of fused-ring (bicyclic) bond motifs is 1. The van der Waals surface area contributed by atoms with Crippen LogP contribution >= 0.6 is 24.0 Å². The van der Waals surface area contributed by atoms with E-state index in [9.17, 15) is 4.79 Å². The molecule has 1 aliphatic rings. The maximum Gasteiger partial charge on any atom is 0.220 e. The van der Waals surface area contributed by atoms with E-state index in [0.29, 0.717) is 18.9 Å². The molecule has 2 aromatic rings. The Bertz CT molecular complexity index is 810. The van der Waals surface area contributed by atoms with Gasteiger partial charge in [-0.25, -0.2) is 9.98 Å². The highest BCUT2D eigenvalue weighted by Gasteiger charge is 2.23. The van der Waals surface area contributed by atoms with Gasteiger partial charge in [0.1, 0.15) is 12.4 Å². The van der Waals surface area contributed by atoms with Gasteiger partial charge in [-0.3, -0.25) is 4.79 Å². The second-order valence-corrected chi connectivity index (χ2v) is 7.05. The Morgan fingerprint density at radius 3 is 2.64 bits per heavy atom. The van der Waals surface area contributed by atoms with Gasteiger partial charge in [0.15, 0.2) is 5.96 Å². The van der Waals surface area contributed by atoms with E-state index in [2.05, 4.69) is 33.1 Å². The molecule has 1 aromatic carbocycles. The third-order valence-electron chi connectivity index (χ3n) is 5.25. The van der Waals surface area contributed by atoms with Crippen LogP contribution in [0.5, 0.6) is 0 Å². The molecule has 1 amide bonds. The van der Waals surface area contributed by atoms with Gasteiger partial charge in [0.25, 0.3) is 0 Å². The Labute approximate surface area is 184 Å². The van der Waals surface area contributed by atoms with Crippen molar-refractivity contribution in [1.29, 1.82) is 0 Å². The Balaban J connectivity index is 0.00000280. The molecule has 0 atom stereocenters. The molecular formula is C20H31IN6O. The van der Waals surface area contributed by atoms with Crippen molar-refractivity contribution in [2.24, 2.45) is 18.0 Å². The van der Waals surface area contributed by atoms with Crippen LogP contribution in [0.25, 0.3) is 11.0 Å². The summed E-state index contributed by atoms with van der Waals surface area (Å²) in [5.74, 6) is 2.49. The molecule has 0 unspecified atom stereocenters. The SMILES string of the molecule is CCNC(=NCc1nc2ccccc2n1C)N1CCC(CC(=O)NC)CC1.I. The molecule has 1 aliphatic heterocycles. The molecule has 0 saturated carbocycles. The van der Waals surface area contributed by atoms with Crippen molar-refractivity contribution < 1.29 is 4.79 Å². The van der Waals surface area contributed by atoms with Gasteiger partial charge in [0, 0.05) is 40.2 Å². The number of hydrogen-bond donors (Lipinski definition) is 2. The zero-order valence-corrected chi connectivity index (χ0v) is 19.3. The van der Waals surface area contributed by atoms with Crippen LogP contribution < -0.4 is 10.6 Å². The fourth-order valence-corrected chi connectivity index (χ4v) is 3.62. The van der Waals surface area contributed by atoms with E-state index >= 15 is 0 Å². The number of rotatable bonds is 5. The summed E-state index contributed by atoms with van der Waals surface area (Å²) < 4.78 is 2.11. The molecule has 1 aromatic heterocycles. The highest BCUT2D eigenvalue weighted by Crippen LogP contribution is 2.21. The fraction of sp³-hybridized carbons (Fsp3) is 0.550. The minimum atomic E-state index is 0. The Hall–Kier alpha value is -1.84. The van der Waals surface area contributed by atoms with Gasteiger partial charge >= 0.3 is 0 Å². The quantitative estimate of drug-likeness (QED) is 0.378. The second-order valence-electron chi connectivity index (χ2n) is 7.05. The summed E-state index contributed by atoms with van der Waals surface area (Å²) in [6.07, 6.45) is 2.66. The van der Waals surface area contributed by atoms with Crippen molar-refractivity contribution in [3.63, 3.8) is 0 Å². The molecule has 154 valence electrons. The third-order valence-corrected chi connectivity index (χ3v) is 5.25. The molecule has 8 heteroatoms. The van der Waals surface area contributed by atoms with Crippen LogP contribution in [0.4, 0.5) is 0 Å². The number of amides is 1. The number of para-hydroxylation sites is 2. The number of piperidine rings is 1. The van der Waals surface area contributed by atoms with Gasteiger partial charge in [-0.15, -0.1) is 24.0 Å². The lowest BCUT2D eigenvalue weighted by Gasteiger charge is -2.34. The summed E-state index contributed by atoms with van der Waals surface area (Å²) in [6, 6.07) is 8.16. The number of nitrogens with one attached hydrogen (secondary N) is 2. The fourth-order valence-electron chi connectivity index (χ4n) is 3.62. The summed E-state index contributed by atoms with van der Waals surface area (Å²) in [5.41, 5.74) is 2.13. The molecule has 1 fully saturated rings. The predicted octanol–water partition coefficient (Wildman–Crippen LogP) is 2.50. The topological polar surface area (TPSA) is 74.5 Å². The first kappa shape index (κ1) is 22.4. The predicted molar refractivity (Wildman–Crippen MR) is 124 cm³/mol. The van der Waals surface area contributed by atoms with Crippen LogP contribution in [0.15, 0.2) is 29.3 Å². The number of imidazole rings is 1. The zero-order chi connectivity index (χ0) is 19.2. The largest absolute Gasteiger partial charge is 0.359 e. The molecular weight excluding hydrogens is 467 g/mol. The minimum Gasteiger partial charge on any atom is -0.359 e. The maximum absolute atomic E-state index is 11.6. The number of benzene rings is 1. The van der Waals surface area contributed by atoms with Crippen LogP contribution in [0, 0.1) is 5.92 Å². The Kier molecular flexibility index (Phi) is 8.53. The minimum absolute atomic E-state index is 0. The number of hydrogen-bond acceptors (Lipinski definition) is 3. The summed E-state index contributed by atoms with van der Waals surface area (Å²) in [7, 11) is 3.74. The van der Waals surface area contributed by atoms with Crippen LogP contribution in [0.1, 0.15) is 32.0 Å². The number of carbonyl (C=O) groups is 1. The molecule has 3 rings (SSSR count). The number of guanidine groups is 1. The molecule has 28 heavy (non-hydrogen) atoms. The van der Waals surface area contributed by atoms with Gasteiger partial charge in [0.2, 0.25) is 5.91 Å². The van der Waals surface area contributed by atoms with E-state index < -0.39 is 0 Å². The summed E-state index contributed by atoms with van der Waals surface area (Å²) in [4.78, 5) is 23.4.